The van der Waals surface area contributed by atoms with E-state index in [0.717, 1.165) is 22.2 Å². The van der Waals surface area contributed by atoms with Gasteiger partial charge < -0.3 is 9.47 Å². The fraction of sp³-hybridized carbons (Fsp3) is 0.250. The van der Waals surface area contributed by atoms with Gasteiger partial charge in [0, 0.05) is 0 Å². The molecule has 0 aliphatic carbocycles. The van der Waals surface area contributed by atoms with Crippen molar-refractivity contribution in [2.24, 2.45) is 0 Å². The van der Waals surface area contributed by atoms with Gasteiger partial charge in [0.2, 0.25) is 0 Å². The van der Waals surface area contributed by atoms with Gasteiger partial charge in [-0.05, 0) is 42.5 Å². The third-order valence-corrected chi connectivity index (χ3v) is 3.82. The summed E-state index contributed by atoms with van der Waals surface area (Å²) in [5.74, 6) is 3.12. The van der Waals surface area contributed by atoms with Crippen molar-refractivity contribution < 1.29 is 19.1 Å². The van der Waals surface area contributed by atoms with Crippen molar-refractivity contribution in [3.05, 3.63) is 28.7 Å². The number of carbonyl (C=O) groups is 2. The van der Waals surface area contributed by atoms with Crippen LogP contribution in [0, 0.1) is 12.3 Å². The topological polar surface area (TPSA) is 55.8 Å². The number of terminal acetylenes is 1. The molecule has 0 aromatic heterocycles. The molecular weight excluding hydrogens is 302 g/mol. The molecular formula is C16H15NO4S. The predicted molar refractivity (Wildman–Crippen MR) is 85.7 cm³/mol. The average molecular weight is 317 g/mol. The van der Waals surface area contributed by atoms with Gasteiger partial charge in [-0.25, -0.2) is 0 Å². The van der Waals surface area contributed by atoms with Crippen molar-refractivity contribution in [3.8, 4) is 23.8 Å². The first-order valence-corrected chi connectivity index (χ1v) is 7.42. The monoisotopic (exact) mass is 317 g/mol. The minimum absolute atomic E-state index is 0.0192. The molecule has 1 saturated heterocycles. The Morgan fingerprint density at radius 2 is 2.14 bits per heavy atom. The molecule has 114 valence electrons. The van der Waals surface area contributed by atoms with Crippen molar-refractivity contribution >= 4 is 29.0 Å². The van der Waals surface area contributed by atoms with Crippen molar-refractivity contribution in [3.63, 3.8) is 0 Å². The van der Waals surface area contributed by atoms with Gasteiger partial charge in [-0.15, -0.1) is 6.42 Å². The normalized spacial score (nSPS) is 16.0. The molecule has 5 nitrogen and oxygen atoms in total. The van der Waals surface area contributed by atoms with E-state index in [-0.39, 0.29) is 17.7 Å². The van der Waals surface area contributed by atoms with E-state index >= 15 is 0 Å². The highest BCUT2D eigenvalue weighted by Crippen LogP contribution is 2.34. The Morgan fingerprint density at radius 3 is 2.77 bits per heavy atom. The molecule has 1 heterocycles. The molecule has 0 radical (unpaired) electrons. The molecule has 6 heteroatoms. The van der Waals surface area contributed by atoms with Crippen molar-refractivity contribution in [2.45, 2.75) is 6.92 Å². The first-order valence-electron chi connectivity index (χ1n) is 6.60. The lowest BCUT2D eigenvalue weighted by Crippen LogP contribution is -2.28. The number of nitrogens with zero attached hydrogens (tertiary/aromatic N) is 1. The Kier molecular flexibility index (Phi) is 5.12. The summed E-state index contributed by atoms with van der Waals surface area (Å²) in [5, 5.41) is -0.355. The van der Waals surface area contributed by atoms with E-state index in [4.69, 9.17) is 15.9 Å². The number of benzene rings is 1. The zero-order valence-electron chi connectivity index (χ0n) is 12.3. The summed E-state index contributed by atoms with van der Waals surface area (Å²) in [4.78, 5) is 25.2. The maximum atomic E-state index is 12.1. The van der Waals surface area contributed by atoms with E-state index in [9.17, 15) is 9.59 Å². The molecule has 0 N–H and O–H groups in total. The summed E-state index contributed by atoms with van der Waals surface area (Å²) in [6, 6.07) is 5.31. The van der Waals surface area contributed by atoms with Crippen LogP contribution in [0.15, 0.2) is 23.1 Å². The standard InChI is InChI=1S/C16H15NO4S/c1-4-8-17-15(18)14(22-16(17)19)10-11-6-7-12(21-5-2)13(9-11)20-3/h1,6-7,9-10H,5,8H2,2-3H3/b14-10+. The van der Waals surface area contributed by atoms with Gasteiger partial charge in [0.15, 0.2) is 11.5 Å². The Balaban J connectivity index is 2.28. The summed E-state index contributed by atoms with van der Waals surface area (Å²) in [6.45, 7) is 2.39. The van der Waals surface area contributed by atoms with E-state index in [2.05, 4.69) is 5.92 Å². The number of carbonyl (C=O) groups excluding carboxylic acids is 2. The van der Waals surface area contributed by atoms with Gasteiger partial charge in [0.25, 0.3) is 11.1 Å². The lowest BCUT2D eigenvalue weighted by Gasteiger charge is -2.09. The van der Waals surface area contributed by atoms with Crippen LogP contribution >= 0.6 is 11.8 Å². The highest BCUT2D eigenvalue weighted by molar-refractivity contribution is 8.18. The first-order chi connectivity index (χ1) is 10.6. The fourth-order valence-corrected chi connectivity index (χ4v) is 2.77. The second-order valence-corrected chi connectivity index (χ2v) is 5.31. The van der Waals surface area contributed by atoms with Crippen molar-refractivity contribution in [2.75, 3.05) is 20.3 Å². The average Bonchev–Trinajstić information content (AvgIpc) is 2.77. The minimum Gasteiger partial charge on any atom is -0.493 e. The Morgan fingerprint density at radius 1 is 1.36 bits per heavy atom. The second-order valence-electron chi connectivity index (χ2n) is 4.32. The van der Waals surface area contributed by atoms with Gasteiger partial charge >= 0.3 is 0 Å². The molecule has 1 aliphatic rings. The van der Waals surface area contributed by atoms with Crippen LogP contribution in [0.1, 0.15) is 12.5 Å². The quantitative estimate of drug-likeness (QED) is 0.617. The van der Waals surface area contributed by atoms with Crippen LogP contribution in [0.25, 0.3) is 6.08 Å². The van der Waals surface area contributed by atoms with Crippen LogP contribution in [-0.4, -0.2) is 36.3 Å². The maximum absolute atomic E-state index is 12.1. The smallest absolute Gasteiger partial charge is 0.294 e. The maximum Gasteiger partial charge on any atom is 0.294 e. The molecule has 1 aromatic rings. The van der Waals surface area contributed by atoms with E-state index in [1.807, 2.05) is 6.92 Å². The third kappa shape index (κ3) is 3.26. The predicted octanol–water partition coefficient (Wildman–Crippen LogP) is 2.76. The van der Waals surface area contributed by atoms with Crippen LogP contribution in [0.2, 0.25) is 0 Å². The highest BCUT2D eigenvalue weighted by atomic mass is 32.2. The molecule has 0 unspecified atom stereocenters. The van der Waals surface area contributed by atoms with Crippen LogP contribution in [0.4, 0.5) is 4.79 Å². The molecule has 22 heavy (non-hydrogen) atoms. The van der Waals surface area contributed by atoms with Crippen molar-refractivity contribution in [1.29, 1.82) is 0 Å². The van der Waals surface area contributed by atoms with E-state index in [1.54, 1.807) is 31.4 Å². The summed E-state index contributed by atoms with van der Waals surface area (Å²) in [5.41, 5.74) is 0.742. The molecule has 0 saturated carbocycles. The number of thioether (sulfide) groups is 1. The number of amides is 2. The number of imide groups is 1. The lowest BCUT2D eigenvalue weighted by molar-refractivity contribution is -0.122. The minimum atomic E-state index is -0.374. The number of ether oxygens (including phenoxy) is 2. The van der Waals surface area contributed by atoms with Gasteiger partial charge in [-0.3, -0.25) is 14.5 Å². The Hall–Kier alpha value is -2.39. The first kappa shape index (κ1) is 16.0. The summed E-state index contributed by atoms with van der Waals surface area (Å²) >= 11 is 0.875. The highest BCUT2D eigenvalue weighted by Gasteiger charge is 2.34. The molecule has 0 spiro atoms. The van der Waals surface area contributed by atoms with E-state index in [0.29, 0.717) is 23.0 Å². The molecule has 0 atom stereocenters. The Labute approximate surface area is 133 Å². The van der Waals surface area contributed by atoms with E-state index in [1.165, 1.54) is 0 Å². The zero-order chi connectivity index (χ0) is 16.1. The number of methoxy groups -OCH3 is 1. The summed E-state index contributed by atoms with van der Waals surface area (Å²) < 4.78 is 10.7. The molecule has 2 amide bonds. The fourth-order valence-electron chi connectivity index (χ4n) is 1.93. The number of rotatable bonds is 5. The van der Waals surface area contributed by atoms with Crippen LogP contribution in [0.5, 0.6) is 11.5 Å². The van der Waals surface area contributed by atoms with Crippen LogP contribution < -0.4 is 9.47 Å². The molecule has 1 aliphatic heterocycles. The summed E-state index contributed by atoms with van der Waals surface area (Å²) in [7, 11) is 1.54. The summed E-state index contributed by atoms with van der Waals surface area (Å²) in [6.07, 6.45) is 6.80. The molecule has 1 fully saturated rings. The third-order valence-electron chi connectivity index (χ3n) is 2.91. The second kappa shape index (κ2) is 7.05. The molecule has 0 bridgehead atoms. The molecule has 1 aromatic carbocycles. The van der Waals surface area contributed by atoms with Gasteiger partial charge in [0.1, 0.15) is 0 Å². The van der Waals surface area contributed by atoms with Crippen LogP contribution in [-0.2, 0) is 4.79 Å². The lowest BCUT2D eigenvalue weighted by atomic mass is 10.2. The SMILES string of the molecule is C#CCN1C(=O)S/C(=C/c2ccc(OCC)c(OC)c2)C1=O. The van der Waals surface area contributed by atoms with E-state index < -0.39 is 0 Å². The zero-order valence-corrected chi connectivity index (χ0v) is 13.1. The Bertz CT molecular complexity index is 675. The van der Waals surface area contributed by atoms with Crippen LogP contribution in [0.3, 0.4) is 0 Å². The number of hydrogen-bond donors (Lipinski definition) is 0. The van der Waals surface area contributed by atoms with Gasteiger partial charge in [0.05, 0.1) is 25.2 Å². The molecule has 2 rings (SSSR count). The van der Waals surface area contributed by atoms with Gasteiger partial charge in [-0.2, -0.15) is 0 Å². The van der Waals surface area contributed by atoms with Crippen molar-refractivity contribution in [1.82, 2.24) is 4.90 Å². The van der Waals surface area contributed by atoms with Gasteiger partial charge in [-0.1, -0.05) is 12.0 Å². The number of hydrogen-bond acceptors (Lipinski definition) is 5. The largest absolute Gasteiger partial charge is 0.493 e.